The first-order valence-electron chi connectivity index (χ1n) is 11.4. The van der Waals surface area contributed by atoms with Crippen LogP contribution in [0.5, 0.6) is 0 Å². The van der Waals surface area contributed by atoms with E-state index in [0.717, 1.165) is 50.9 Å². The van der Waals surface area contributed by atoms with Crippen molar-refractivity contribution in [2.24, 2.45) is 4.99 Å². The number of benzene rings is 2. The van der Waals surface area contributed by atoms with E-state index in [-0.39, 0.29) is 5.91 Å². The highest BCUT2D eigenvalue weighted by Gasteiger charge is 2.12. The lowest BCUT2D eigenvalue weighted by molar-refractivity contribution is -0.121. The first-order chi connectivity index (χ1) is 15.7. The largest absolute Gasteiger partial charge is 0.379 e. The molecule has 32 heavy (non-hydrogen) atoms. The second kappa shape index (κ2) is 13.5. The lowest BCUT2D eigenvalue weighted by atomic mass is 10.1. The molecule has 1 heterocycles. The summed E-state index contributed by atoms with van der Waals surface area (Å²) in [6.45, 7) is 8.92. The molecule has 1 aliphatic rings. The number of aliphatic imine (C=N–C) groups is 1. The molecule has 2 aromatic rings. The number of hydrogen-bond acceptors (Lipinski definition) is 4. The van der Waals surface area contributed by atoms with Crippen LogP contribution in [0, 0.1) is 0 Å². The highest BCUT2D eigenvalue weighted by Crippen LogP contribution is 2.14. The maximum atomic E-state index is 12.1. The van der Waals surface area contributed by atoms with E-state index in [1.807, 2.05) is 37.3 Å². The Morgan fingerprint density at radius 3 is 2.44 bits per heavy atom. The molecule has 1 fully saturated rings. The molecule has 0 unspecified atom stereocenters. The molecule has 0 atom stereocenters. The zero-order valence-corrected chi connectivity index (χ0v) is 19.0. The van der Waals surface area contributed by atoms with E-state index in [1.54, 1.807) is 0 Å². The fourth-order valence-electron chi connectivity index (χ4n) is 3.55. The minimum absolute atomic E-state index is 0.0214. The van der Waals surface area contributed by atoms with Gasteiger partial charge in [-0.25, -0.2) is 4.99 Å². The zero-order chi connectivity index (χ0) is 22.4. The Labute approximate surface area is 191 Å². The van der Waals surface area contributed by atoms with Crippen LogP contribution in [0.15, 0.2) is 59.6 Å². The Hall–Kier alpha value is -2.90. The Bertz CT molecular complexity index is 850. The van der Waals surface area contributed by atoms with Crippen LogP contribution in [-0.2, 0) is 29.2 Å². The van der Waals surface area contributed by atoms with E-state index in [4.69, 9.17) is 9.73 Å². The van der Waals surface area contributed by atoms with Crippen molar-refractivity contribution in [1.82, 2.24) is 20.9 Å². The highest BCUT2D eigenvalue weighted by molar-refractivity contribution is 5.81. The third-order valence-corrected chi connectivity index (χ3v) is 5.34. The summed E-state index contributed by atoms with van der Waals surface area (Å²) < 4.78 is 5.46. The molecular weight excluding hydrogens is 402 g/mol. The van der Waals surface area contributed by atoms with E-state index >= 15 is 0 Å². The summed E-state index contributed by atoms with van der Waals surface area (Å²) in [5.74, 6) is 0.748. The van der Waals surface area contributed by atoms with Crippen LogP contribution in [0.4, 0.5) is 0 Å². The van der Waals surface area contributed by atoms with E-state index in [2.05, 4.69) is 45.1 Å². The molecule has 7 nitrogen and oxygen atoms in total. The van der Waals surface area contributed by atoms with Crippen LogP contribution < -0.4 is 16.0 Å². The molecule has 0 spiro atoms. The van der Waals surface area contributed by atoms with Crippen molar-refractivity contribution in [2.45, 2.75) is 33.0 Å². The monoisotopic (exact) mass is 437 g/mol. The van der Waals surface area contributed by atoms with Crippen molar-refractivity contribution in [1.29, 1.82) is 0 Å². The van der Waals surface area contributed by atoms with Gasteiger partial charge < -0.3 is 20.7 Å². The molecule has 0 bridgehead atoms. The highest BCUT2D eigenvalue weighted by atomic mass is 16.5. The van der Waals surface area contributed by atoms with Crippen molar-refractivity contribution < 1.29 is 9.53 Å². The molecule has 172 valence electrons. The summed E-state index contributed by atoms with van der Waals surface area (Å²) in [6, 6.07) is 18.4. The van der Waals surface area contributed by atoms with Gasteiger partial charge in [0.2, 0.25) is 5.91 Å². The predicted molar refractivity (Wildman–Crippen MR) is 128 cm³/mol. The van der Waals surface area contributed by atoms with Crippen LogP contribution in [0.25, 0.3) is 0 Å². The maximum absolute atomic E-state index is 12.1. The summed E-state index contributed by atoms with van der Waals surface area (Å²) in [4.78, 5) is 19.3. The number of amides is 1. The Balaban J connectivity index is 1.47. The van der Waals surface area contributed by atoms with Crippen molar-refractivity contribution in [3.63, 3.8) is 0 Å². The topological polar surface area (TPSA) is 78.0 Å². The third-order valence-electron chi connectivity index (χ3n) is 5.34. The van der Waals surface area contributed by atoms with Crippen LogP contribution in [0.3, 0.4) is 0 Å². The normalized spacial score (nSPS) is 14.7. The summed E-state index contributed by atoms with van der Waals surface area (Å²) >= 11 is 0. The molecule has 0 aliphatic carbocycles. The van der Waals surface area contributed by atoms with Crippen LogP contribution in [0.1, 0.15) is 30.0 Å². The number of hydrogen-bond donors (Lipinski definition) is 3. The summed E-state index contributed by atoms with van der Waals surface area (Å²) in [5, 5.41) is 9.49. The van der Waals surface area contributed by atoms with E-state index in [9.17, 15) is 4.79 Å². The molecule has 0 saturated carbocycles. The Kier molecular flexibility index (Phi) is 10.0. The third kappa shape index (κ3) is 8.32. The summed E-state index contributed by atoms with van der Waals surface area (Å²) in [6.07, 6.45) is 0.394. The lowest BCUT2D eigenvalue weighted by Crippen LogP contribution is -2.39. The average molecular weight is 438 g/mol. The van der Waals surface area contributed by atoms with Gasteiger partial charge >= 0.3 is 0 Å². The van der Waals surface area contributed by atoms with Crippen LogP contribution in [0.2, 0.25) is 0 Å². The van der Waals surface area contributed by atoms with E-state index in [1.165, 1.54) is 11.1 Å². The molecule has 7 heteroatoms. The van der Waals surface area contributed by atoms with Gasteiger partial charge in [-0.1, -0.05) is 54.6 Å². The molecule has 1 aliphatic heterocycles. The smallest absolute Gasteiger partial charge is 0.222 e. The zero-order valence-electron chi connectivity index (χ0n) is 19.0. The minimum Gasteiger partial charge on any atom is -0.379 e. The fraction of sp³-hybridized carbons (Fsp3) is 0.440. The van der Waals surface area contributed by atoms with Crippen LogP contribution >= 0.6 is 0 Å². The van der Waals surface area contributed by atoms with Gasteiger partial charge in [0, 0.05) is 45.7 Å². The van der Waals surface area contributed by atoms with Crippen molar-refractivity contribution >= 4 is 11.9 Å². The first kappa shape index (κ1) is 23.8. The molecule has 0 radical (unpaired) electrons. The van der Waals surface area contributed by atoms with E-state index < -0.39 is 0 Å². The van der Waals surface area contributed by atoms with Gasteiger partial charge in [0.15, 0.2) is 5.96 Å². The predicted octanol–water partition coefficient (Wildman–Crippen LogP) is 2.28. The van der Waals surface area contributed by atoms with E-state index in [0.29, 0.717) is 26.1 Å². The van der Waals surface area contributed by atoms with Gasteiger partial charge in [-0.05, 0) is 23.6 Å². The summed E-state index contributed by atoms with van der Waals surface area (Å²) in [7, 11) is 0. The van der Waals surface area contributed by atoms with Crippen LogP contribution in [-0.4, -0.2) is 56.2 Å². The van der Waals surface area contributed by atoms with Gasteiger partial charge in [-0.3, -0.25) is 9.69 Å². The standard InChI is InChI=1S/C25H35N5O2/c1-2-26-25(27-13-12-24(31)28-18-21-8-4-3-5-9-21)29-19-22-10-6-7-11-23(22)20-30-14-16-32-17-15-30/h3-11H,2,12-20H2,1H3,(H,28,31)(H2,26,27,29). The Morgan fingerprint density at radius 2 is 1.69 bits per heavy atom. The number of ether oxygens (including phenoxy) is 1. The van der Waals surface area contributed by atoms with Crippen molar-refractivity contribution in [3.8, 4) is 0 Å². The fourth-order valence-corrected chi connectivity index (χ4v) is 3.55. The maximum Gasteiger partial charge on any atom is 0.222 e. The van der Waals surface area contributed by atoms with Gasteiger partial charge in [-0.15, -0.1) is 0 Å². The first-order valence-corrected chi connectivity index (χ1v) is 11.4. The van der Waals surface area contributed by atoms with Gasteiger partial charge in [0.25, 0.3) is 0 Å². The van der Waals surface area contributed by atoms with Gasteiger partial charge in [0.05, 0.1) is 19.8 Å². The number of carbonyl (C=O) groups is 1. The molecule has 3 rings (SSSR count). The quantitative estimate of drug-likeness (QED) is 0.393. The molecule has 2 aromatic carbocycles. The molecule has 0 aromatic heterocycles. The second-order valence-corrected chi connectivity index (χ2v) is 7.79. The number of carbonyl (C=O) groups excluding carboxylic acids is 1. The molecule has 1 saturated heterocycles. The van der Waals surface area contributed by atoms with Crippen molar-refractivity contribution in [3.05, 3.63) is 71.3 Å². The Morgan fingerprint density at radius 1 is 0.969 bits per heavy atom. The minimum atomic E-state index is 0.0214. The van der Waals surface area contributed by atoms with Gasteiger partial charge in [0.1, 0.15) is 0 Å². The number of nitrogens with zero attached hydrogens (tertiary/aromatic N) is 2. The number of rotatable bonds is 10. The number of nitrogens with one attached hydrogen (secondary N) is 3. The number of morpholine rings is 1. The number of guanidine groups is 1. The molecule has 1 amide bonds. The van der Waals surface area contributed by atoms with Gasteiger partial charge in [-0.2, -0.15) is 0 Å². The average Bonchev–Trinajstić information content (AvgIpc) is 2.83. The molecular formula is C25H35N5O2. The lowest BCUT2D eigenvalue weighted by Gasteiger charge is -2.27. The van der Waals surface area contributed by atoms with Crippen molar-refractivity contribution in [2.75, 3.05) is 39.4 Å². The summed E-state index contributed by atoms with van der Waals surface area (Å²) in [5.41, 5.74) is 3.62. The second-order valence-electron chi connectivity index (χ2n) is 7.79. The molecule has 3 N–H and O–H groups in total. The SMILES string of the molecule is CCNC(=NCc1ccccc1CN1CCOCC1)NCCC(=O)NCc1ccccc1.